The van der Waals surface area contributed by atoms with Crippen LogP contribution in [0, 0.1) is 0 Å². The molecule has 2 rings (SSSR count). The van der Waals surface area contributed by atoms with Crippen LogP contribution in [-0.2, 0) is 0 Å². The summed E-state index contributed by atoms with van der Waals surface area (Å²) in [4.78, 5) is 15.3. The summed E-state index contributed by atoms with van der Waals surface area (Å²) >= 11 is 1.44. The number of anilines is 1. The maximum atomic E-state index is 12.8. The van der Waals surface area contributed by atoms with Crippen LogP contribution < -0.4 is 10.5 Å². The largest absolute Gasteiger partial charge is 0.496 e. The SMILES string of the molecule is CCC(C)N(CC)C(=O)c1sc2cccc(OC)c2c1N. The zero-order valence-electron chi connectivity index (χ0n) is 13.0. The molecular formula is C16H22N2O2S. The molecule has 0 radical (unpaired) electrons. The van der Waals surface area contributed by atoms with Crippen LogP contribution in [0.5, 0.6) is 5.75 Å². The van der Waals surface area contributed by atoms with E-state index in [9.17, 15) is 4.79 Å². The molecule has 0 saturated carbocycles. The molecule has 0 aliphatic rings. The number of rotatable bonds is 5. The summed E-state index contributed by atoms with van der Waals surface area (Å²) in [5.74, 6) is 0.722. The van der Waals surface area contributed by atoms with E-state index in [4.69, 9.17) is 10.5 Å². The summed E-state index contributed by atoms with van der Waals surface area (Å²) in [6, 6.07) is 5.95. The number of fused-ring (bicyclic) bond motifs is 1. The number of carbonyl (C=O) groups excluding carboxylic acids is 1. The number of hydrogen-bond donors (Lipinski definition) is 1. The molecule has 0 saturated heterocycles. The highest BCUT2D eigenvalue weighted by Gasteiger charge is 2.25. The van der Waals surface area contributed by atoms with Gasteiger partial charge in [-0.1, -0.05) is 13.0 Å². The predicted octanol–water partition coefficient (Wildman–Crippen LogP) is 3.75. The van der Waals surface area contributed by atoms with Gasteiger partial charge in [-0.2, -0.15) is 0 Å². The van der Waals surface area contributed by atoms with E-state index < -0.39 is 0 Å². The fourth-order valence-corrected chi connectivity index (χ4v) is 3.57. The van der Waals surface area contributed by atoms with E-state index in [1.165, 1.54) is 11.3 Å². The molecule has 1 amide bonds. The Morgan fingerprint density at radius 1 is 1.43 bits per heavy atom. The van der Waals surface area contributed by atoms with Crippen LogP contribution in [0.25, 0.3) is 10.1 Å². The van der Waals surface area contributed by atoms with Crippen molar-refractivity contribution in [1.29, 1.82) is 0 Å². The Bertz CT molecular complexity index is 651. The summed E-state index contributed by atoms with van der Waals surface area (Å²) in [6.45, 7) is 6.82. The quantitative estimate of drug-likeness (QED) is 0.915. The van der Waals surface area contributed by atoms with Gasteiger partial charge >= 0.3 is 0 Å². The average molecular weight is 306 g/mol. The Balaban J connectivity index is 2.52. The molecule has 21 heavy (non-hydrogen) atoms. The highest BCUT2D eigenvalue weighted by atomic mass is 32.1. The van der Waals surface area contributed by atoms with E-state index in [0.717, 1.165) is 16.5 Å². The van der Waals surface area contributed by atoms with Gasteiger partial charge in [0, 0.05) is 17.3 Å². The van der Waals surface area contributed by atoms with Crippen molar-refractivity contribution in [3.8, 4) is 5.75 Å². The van der Waals surface area contributed by atoms with Gasteiger partial charge in [0.2, 0.25) is 0 Å². The number of thiophene rings is 1. The predicted molar refractivity (Wildman–Crippen MR) is 89.3 cm³/mol. The van der Waals surface area contributed by atoms with E-state index in [0.29, 0.717) is 22.9 Å². The molecular weight excluding hydrogens is 284 g/mol. The molecule has 4 nitrogen and oxygen atoms in total. The second-order valence-electron chi connectivity index (χ2n) is 5.03. The highest BCUT2D eigenvalue weighted by Crippen LogP contribution is 2.40. The lowest BCUT2D eigenvalue weighted by atomic mass is 10.1. The van der Waals surface area contributed by atoms with E-state index in [1.54, 1.807) is 7.11 Å². The van der Waals surface area contributed by atoms with Gasteiger partial charge in [0.05, 0.1) is 18.2 Å². The van der Waals surface area contributed by atoms with Crippen molar-refractivity contribution >= 4 is 33.0 Å². The summed E-state index contributed by atoms with van der Waals surface area (Å²) in [5.41, 5.74) is 6.76. The number of benzene rings is 1. The van der Waals surface area contributed by atoms with Gasteiger partial charge in [0.15, 0.2) is 0 Å². The maximum absolute atomic E-state index is 12.8. The van der Waals surface area contributed by atoms with Crippen molar-refractivity contribution < 1.29 is 9.53 Å². The Hall–Kier alpha value is -1.75. The zero-order valence-corrected chi connectivity index (χ0v) is 13.8. The number of nitrogen functional groups attached to an aromatic ring is 1. The molecule has 0 spiro atoms. The van der Waals surface area contributed by atoms with Gasteiger partial charge in [0.25, 0.3) is 5.91 Å². The molecule has 1 aromatic carbocycles. The van der Waals surface area contributed by atoms with Crippen LogP contribution in [-0.4, -0.2) is 30.5 Å². The maximum Gasteiger partial charge on any atom is 0.266 e. The van der Waals surface area contributed by atoms with E-state index in [1.807, 2.05) is 30.0 Å². The van der Waals surface area contributed by atoms with Crippen LogP contribution in [0.15, 0.2) is 18.2 Å². The fraction of sp³-hybridized carbons (Fsp3) is 0.438. The fourth-order valence-electron chi connectivity index (χ4n) is 2.48. The smallest absolute Gasteiger partial charge is 0.266 e. The molecule has 1 atom stereocenters. The Kier molecular flexibility index (Phi) is 4.73. The van der Waals surface area contributed by atoms with Crippen molar-refractivity contribution in [3.05, 3.63) is 23.1 Å². The first-order valence-corrected chi connectivity index (χ1v) is 8.02. The normalized spacial score (nSPS) is 12.4. The van der Waals surface area contributed by atoms with Crippen molar-refractivity contribution in [2.24, 2.45) is 0 Å². The molecule has 1 unspecified atom stereocenters. The molecule has 1 aromatic heterocycles. The second-order valence-corrected chi connectivity index (χ2v) is 6.08. The molecule has 2 aromatic rings. The van der Waals surface area contributed by atoms with Crippen LogP contribution in [0.2, 0.25) is 0 Å². The molecule has 5 heteroatoms. The number of nitrogens with two attached hydrogens (primary N) is 1. The van der Waals surface area contributed by atoms with Gasteiger partial charge in [-0.05, 0) is 32.4 Å². The molecule has 114 valence electrons. The minimum Gasteiger partial charge on any atom is -0.496 e. The first-order valence-electron chi connectivity index (χ1n) is 7.21. The van der Waals surface area contributed by atoms with Crippen molar-refractivity contribution in [2.75, 3.05) is 19.4 Å². The number of nitrogens with zero attached hydrogens (tertiary/aromatic N) is 1. The number of methoxy groups -OCH3 is 1. The summed E-state index contributed by atoms with van der Waals surface area (Å²) < 4.78 is 6.34. The van der Waals surface area contributed by atoms with Crippen molar-refractivity contribution in [1.82, 2.24) is 4.90 Å². The lowest BCUT2D eigenvalue weighted by molar-refractivity contribution is 0.0706. The number of hydrogen-bond acceptors (Lipinski definition) is 4. The third-order valence-corrected chi connectivity index (χ3v) is 5.01. The Labute approximate surface area is 129 Å². The Morgan fingerprint density at radius 3 is 2.71 bits per heavy atom. The molecule has 0 aliphatic carbocycles. The number of amides is 1. The first kappa shape index (κ1) is 15.6. The van der Waals surface area contributed by atoms with Crippen molar-refractivity contribution in [3.63, 3.8) is 0 Å². The second kappa shape index (κ2) is 6.35. The van der Waals surface area contributed by atoms with Crippen LogP contribution in [0.4, 0.5) is 5.69 Å². The molecule has 1 heterocycles. The third-order valence-electron chi connectivity index (χ3n) is 3.85. The van der Waals surface area contributed by atoms with Gasteiger partial charge < -0.3 is 15.4 Å². The third kappa shape index (κ3) is 2.70. The van der Waals surface area contributed by atoms with E-state index in [2.05, 4.69) is 13.8 Å². The standard InChI is InChI=1S/C16H22N2O2S/c1-5-10(3)18(6-2)16(19)15-14(17)13-11(20-4)8-7-9-12(13)21-15/h7-10H,5-6,17H2,1-4H3. The summed E-state index contributed by atoms with van der Waals surface area (Å²) in [7, 11) is 1.62. The van der Waals surface area contributed by atoms with Gasteiger partial charge in [-0.15, -0.1) is 11.3 Å². The van der Waals surface area contributed by atoms with Crippen LogP contribution >= 0.6 is 11.3 Å². The van der Waals surface area contributed by atoms with Crippen LogP contribution in [0.1, 0.15) is 36.9 Å². The van der Waals surface area contributed by atoms with E-state index in [-0.39, 0.29) is 11.9 Å². The minimum absolute atomic E-state index is 0.00704. The Morgan fingerprint density at radius 2 is 2.14 bits per heavy atom. The summed E-state index contributed by atoms with van der Waals surface area (Å²) in [6.07, 6.45) is 0.924. The molecule has 2 N–H and O–H groups in total. The monoisotopic (exact) mass is 306 g/mol. The van der Waals surface area contributed by atoms with Gasteiger partial charge in [0.1, 0.15) is 10.6 Å². The average Bonchev–Trinajstić information content (AvgIpc) is 2.84. The molecule has 0 bridgehead atoms. The number of ether oxygens (including phenoxy) is 1. The van der Waals surface area contributed by atoms with Crippen LogP contribution in [0.3, 0.4) is 0 Å². The highest BCUT2D eigenvalue weighted by molar-refractivity contribution is 7.21. The lowest BCUT2D eigenvalue weighted by Crippen LogP contribution is -2.37. The number of carbonyl (C=O) groups is 1. The van der Waals surface area contributed by atoms with Crippen molar-refractivity contribution in [2.45, 2.75) is 33.2 Å². The topological polar surface area (TPSA) is 55.6 Å². The summed E-state index contributed by atoms with van der Waals surface area (Å²) in [5, 5.41) is 0.841. The van der Waals surface area contributed by atoms with Gasteiger partial charge in [-0.25, -0.2) is 0 Å². The lowest BCUT2D eigenvalue weighted by Gasteiger charge is -2.26. The molecule has 0 fully saturated rings. The first-order chi connectivity index (χ1) is 10.0. The van der Waals surface area contributed by atoms with Gasteiger partial charge in [-0.3, -0.25) is 4.79 Å². The minimum atomic E-state index is 0.00704. The van der Waals surface area contributed by atoms with E-state index >= 15 is 0 Å². The molecule has 0 aliphatic heterocycles. The zero-order chi connectivity index (χ0) is 15.6.